The van der Waals surface area contributed by atoms with E-state index in [0.29, 0.717) is 29.9 Å². The van der Waals surface area contributed by atoms with Crippen LogP contribution in [0.1, 0.15) is 27.0 Å². The second kappa shape index (κ2) is 15.8. The molecule has 0 unspecified atom stereocenters. The van der Waals surface area contributed by atoms with Crippen molar-refractivity contribution in [1.29, 1.82) is 0 Å². The number of benzene rings is 3. The highest BCUT2D eigenvalue weighted by atomic mass is 16.1. The second-order valence-corrected chi connectivity index (χ2v) is 12.3. The van der Waals surface area contributed by atoms with Crippen molar-refractivity contribution in [2.24, 2.45) is 0 Å². The molecule has 0 saturated carbocycles. The molecular formula is C43H34N10O. The molecule has 11 nitrogen and oxygen atoms in total. The van der Waals surface area contributed by atoms with E-state index in [0.717, 1.165) is 50.9 Å². The van der Waals surface area contributed by atoms with Gasteiger partial charge in [-0.25, -0.2) is 9.97 Å². The molecule has 3 aromatic carbocycles. The fraction of sp³-hybridized carbons (Fsp3) is 0.0465. The van der Waals surface area contributed by atoms with Gasteiger partial charge < -0.3 is 10.6 Å². The van der Waals surface area contributed by atoms with Crippen LogP contribution in [0.15, 0.2) is 171 Å². The van der Waals surface area contributed by atoms with Crippen molar-refractivity contribution in [1.82, 2.24) is 39.2 Å². The first-order valence-corrected chi connectivity index (χ1v) is 17.4. The first kappa shape index (κ1) is 33.6. The highest BCUT2D eigenvalue weighted by Crippen LogP contribution is 2.26. The zero-order valence-electron chi connectivity index (χ0n) is 29.1. The van der Waals surface area contributed by atoms with E-state index in [2.05, 4.69) is 47.9 Å². The van der Waals surface area contributed by atoms with E-state index in [-0.39, 0.29) is 5.78 Å². The average molecular weight is 707 g/mol. The van der Waals surface area contributed by atoms with E-state index in [1.807, 2.05) is 126 Å². The molecular weight excluding hydrogens is 673 g/mol. The number of aromatic nitrogens is 8. The summed E-state index contributed by atoms with van der Waals surface area (Å²) in [4.78, 5) is 30.9. The summed E-state index contributed by atoms with van der Waals surface area (Å²) in [5.74, 6) is 1.55. The molecule has 262 valence electrons. The number of rotatable bonds is 10. The molecule has 0 amide bonds. The van der Waals surface area contributed by atoms with Gasteiger partial charge in [-0.2, -0.15) is 19.2 Å². The van der Waals surface area contributed by atoms with Gasteiger partial charge in [0, 0.05) is 72.8 Å². The van der Waals surface area contributed by atoms with Crippen molar-refractivity contribution in [3.05, 3.63) is 193 Å². The van der Waals surface area contributed by atoms with Gasteiger partial charge in [-0.1, -0.05) is 103 Å². The van der Waals surface area contributed by atoms with Gasteiger partial charge in [0.25, 0.3) is 0 Å². The van der Waals surface area contributed by atoms with Crippen LogP contribution in [0.3, 0.4) is 0 Å². The Labute approximate surface area is 311 Å². The number of carbonyl (C=O) groups is 1. The van der Waals surface area contributed by atoms with Gasteiger partial charge in [-0.15, -0.1) is 0 Å². The maximum absolute atomic E-state index is 13.1. The van der Waals surface area contributed by atoms with Crippen molar-refractivity contribution in [2.75, 3.05) is 10.6 Å². The quantitative estimate of drug-likeness (QED) is 0.136. The van der Waals surface area contributed by atoms with Crippen LogP contribution >= 0.6 is 0 Å². The molecule has 0 aliphatic rings. The van der Waals surface area contributed by atoms with E-state index in [1.54, 1.807) is 41.4 Å². The van der Waals surface area contributed by atoms with Crippen LogP contribution < -0.4 is 10.6 Å². The zero-order valence-corrected chi connectivity index (χ0v) is 29.1. The molecule has 0 aliphatic heterocycles. The number of ketones is 1. The Bertz CT molecular complexity index is 2610. The van der Waals surface area contributed by atoms with Crippen LogP contribution in [0, 0.1) is 0 Å². The topological polar surface area (TPSA) is 127 Å². The molecule has 11 heteroatoms. The summed E-state index contributed by atoms with van der Waals surface area (Å²) in [5.41, 5.74) is 8.31. The maximum Gasteiger partial charge on any atom is 0.198 e. The van der Waals surface area contributed by atoms with Crippen molar-refractivity contribution in [3.63, 3.8) is 0 Å². The summed E-state index contributed by atoms with van der Waals surface area (Å²) < 4.78 is 3.49. The Morgan fingerprint density at radius 2 is 1.09 bits per heavy atom. The zero-order chi connectivity index (χ0) is 36.5. The molecule has 6 aromatic heterocycles. The Morgan fingerprint density at radius 3 is 1.67 bits per heavy atom. The normalized spacial score (nSPS) is 10.8. The summed E-state index contributed by atoms with van der Waals surface area (Å²) in [6.45, 7) is 1.25. The third-order valence-electron chi connectivity index (χ3n) is 8.64. The minimum absolute atomic E-state index is 0.105. The fourth-order valence-electron chi connectivity index (χ4n) is 5.94. The first-order chi connectivity index (χ1) is 26.7. The molecule has 0 spiro atoms. The number of anilines is 2. The summed E-state index contributed by atoms with van der Waals surface area (Å²) >= 11 is 0. The smallest absolute Gasteiger partial charge is 0.198 e. The lowest BCUT2D eigenvalue weighted by molar-refractivity contribution is 0.104. The SMILES string of the molecule is O=C(c1ccccc1)c1cnn2c(NCc3cccnc3)cc(-c3ccccc3)nc12.c1ccc(-c2cc(NCc3cccnc3)n3nccc3n2)cc1. The van der Waals surface area contributed by atoms with Crippen molar-refractivity contribution in [2.45, 2.75) is 13.1 Å². The highest BCUT2D eigenvalue weighted by Gasteiger charge is 2.19. The lowest BCUT2D eigenvalue weighted by Gasteiger charge is -2.11. The molecule has 0 fully saturated rings. The Morgan fingerprint density at radius 1 is 0.537 bits per heavy atom. The van der Waals surface area contributed by atoms with Crippen molar-refractivity contribution >= 4 is 28.7 Å². The van der Waals surface area contributed by atoms with Gasteiger partial charge in [0.2, 0.25) is 0 Å². The first-order valence-electron chi connectivity index (χ1n) is 17.4. The number of nitrogens with one attached hydrogen (secondary N) is 2. The number of hydrogen-bond acceptors (Lipinski definition) is 9. The molecule has 2 N–H and O–H groups in total. The van der Waals surface area contributed by atoms with Crippen LogP contribution in [0.2, 0.25) is 0 Å². The largest absolute Gasteiger partial charge is 0.366 e. The lowest BCUT2D eigenvalue weighted by atomic mass is 10.1. The number of pyridine rings is 2. The van der Waals surface area contributed by atoms with Gasteiger partial charge in [-0.3, -0.25) is 14.8 Å². The second-order valence-electron chi connectivity index (χ2n) is 12.3. The van der Waals surface area contributed by atoms with Crippen LogP contribution in [0.25, 0.3) is 33.8 Å². The molecule has 54 heavy (non-hydrogen) atoms. The van der Waals surface area contributed by atoms with E-state index >= 15 is 0 Å². The predicted molar refractivity (Wildman–Crippen MR) is 210 cm³/mol. The van der Waals surface area contributed by atoms with E-state index in [1.165, 1.54) is 0 Å². The summed E-state index contributed by atoms with van der Waals surface area (Å²) in [6.07, 6.45) is 10.5. The molecule has 0 bridgehead atoms. The fourth-order valence-corrected chi connectivity index (χ4v) is 5.94. The van der Waals surface area contributed by atoms with Gasteiger partial charge >= 0.3 is 0 Å². The average Bonchev–Trinajstić information content (AvgIpc) is 3.92. The molecule has 0 saturated heterocycles. The highest BCUT2D eigenvalue weighted by molar-refractivity contribution is 6.12. The summed E-state index contributed by atoms with van der Waals surface area (Å²) in [6, 6.07) is 43.0. The third-order valence-corrected chi connectivity index (χ3v) is 8.64. The monoisotopic (exact) mass is 706 g/mol. The maximum atomic E-state index is 13.1. The van der Waals surface area contributed by atoms with Crippen molar-refractivity contribution in [3.8, 4) is 22.5 Å². The van der Waals surface area contributed by atoms with Crippen LogP contribution in [0.4, 0.5) is 11.6 Å². The molecule has 9 aromatic rings. The third kappa shape index (κ3) is 7.55. The van der Waals surface area contributed by atoms with Crippen molar-refractivity contribution < 1.29 is 4.79 Å². The minimum atomic E-state index is -0.105. The molecule has 0 aliphatic carbocycles. The van der Waals surface area contributed by atoms with Gasteiger partial charge in [-0.05, 0) is 23.3 Å². The number of nitrogens with zero attached hydrogens (tertiary/aromatic N) is 8. The van der Waals surface area contributed by atoms with Gasteiger partial charge in [0.15, 0.2) is 17.1 Å². The van der Waals surface area contributed by atoms with Gasteiger partial charge in [0.05, 0.1) is 29.3 Å². The predicted octanol–water partition coefficient (Wildman–Crippen LogP) is 8.04. The molecule has 0 radical (unpaired) electrons. The number of hydrogen-bond donors (Lipinski definition) is 2. The van der Waals surface area contributed by atoms with Crippen LogP contribution in [-0.2, 0) is 13.1 Å². The van der Waals surface area contributed by atoms with Crippen LogP contribution in [0.5, 0.6) is 0 Å². The molecule has 9 rings (SSSR count). The Kier molecular flexibility index (Phi) is 9.82. The lowest BCUT2D eigenvalue weighted by Crippen LogP contribution is -2.08. The molecule has 6 heterocycles. The van der Waals surface area contributed by atoms with E-state index in [9.17, 15) is 4.79 Å². The number of carbonyl (C=O) groups excluding carboxylic acids is 1. The van der Waals surface area contributed by atoms with E-state index in [4.69, 9.17) is 4.98 Å². The Hall–Kier alpha value is -7.53. The van der Waals surface area contributed by atoms with Gasteiger partial charge in [0.1, 0.15) is 11.6 Å². The van der Waals surface area contributed by atoms with Crippen LogP contribution in [-0.4, -0.2) is 44.9 Å². The van der Waals surface area contributed by atoms with E-state index < -0.39 is 0 Å². The minimum Gasteiger partial charge on any atom is -0.366 e. The number of fused-ring (bicyclic) bond motifs is 2. The Balaban J connectivity index is 0.000000160. The summed E-state index contributed by atoms with van der Waals surface area (Å²) in [5, 5.41) is 15.6. The molecule has 0 atom stereocenters. The summed E-state index contributed by atoms with van der Waals surface area (Å²) in [7, 11) is 0. The standard InChI is InChI=1S/C25H19N5O.C18H15N5/c31-24(20-11-5-2-6-12-20)21-17-28-30-23(27-16-18-8-7-13-26-15-18)14-22(29-25(21)30)19-9-3-1-4-10-19;1-2-6-15(7-3-1)16-11-18(23-17(22-16)8-10-21-23)20-13-14-5-4-9-19-12-14/h1-15,17,27H,16H2;1-12,20H,13H2.